The molecule has 0 spiro atoms. The first kappa shape index (κ1) is 27.1. The van der Waals surface area contributed by atoms with E-state index in [2.05, 4.69) is 21.4 Å². The number of carbonyl (C=O) groups excluding carboxylic acids is 1. The maximum absolute atomic E-state index is 16.5. The van der Waals surface area contributed by atoms with Crippen LogP contribution >= 0.6 is 23.1 Å². The highest BCUT2D eigenvalue weighted by Gasteiger charge is 2.32. The largest absolute Gasteiger partial charge is 0.480 e. The number of ether oxygens (including phenoxy) is 3. The number of amides is 1. The minimum atomic E-state index is -0.768. The average molecular weight is 571 g/mol. The first-order valence-electron chi connectivity index (χ1n) is 12.0. The lowest BCUT2D eigenvalue weighted by Crippen LogP contribution is -2.27. The maximum atomic E-state index is 16.5. The SMILES string of the molecule is CCSc1nc(OC)c2c3c(c(-c4c(F)ccc5sc(NC(=O)OC(C)(C)C)c(C#N)c45)c(F)c2n1)COC3. The van der Waals surface area contributed by atoms with Crippen molar-refractivity contribution in [3.05, 3.63) is 40.5 Å². The summed E-state index contributed by atoms with van der Waals surface area (Å²) in [4.78, 5) is 21.4. The molecule has 1 aliphatic heterocycles. The van der Waals surface area contributed by atoms with E-state index >= 15 is 8.78 Å². The third-order valence-corrected chi connectivity index (χ3v) is 7.79. The van der Waals surface area contributed by atoms with Crippen LogP contribution in [0.25, 0.3) is 32.1 Å². The molecule has 4 aromatic rings. The molecule has 0 saturated carbocycles. The van der Waals surface area contributed by atoms with Crippen LogP contribution in [0.15, 0.2) is 17.3 Å². The molecule has 2 aromatic carbocycles. The number of aromatic nitrogens is 2. The van der Waals surface area contributed by atoms with Crippen molar-refractivity contribution in [3.63, 3.8) is 0 Å². The summed E-state index contributed by atoms with van der Waals surface area (Å²) < 4.78 is 49.3. The highest BCUT2D eigenvalue weighted by Crippen LogP contribution is 2.48. The van der Waals surface area contributed by atoms with Gasteiger partial charge in [-0.05, 0) is 49.8 Å². The lowest BCUT2D eigenvalue weighted by molar-refractivity contribution is 0.0636. The molecule has 3 heterocycles. The normalized spacial score (nSPS) is 13.0. The molecule has 0 unspecified atom stereocenters. The van der Waals surface area contributed by atoms with Crippen LogP contribution in [-0.4, -0.2) is 34.5 Å². The van der Waals surface area contributed by atoms with Gasteiger partial charge in [0.25, 0.3) is 0 Å². The fourth-order valence-electron chi connectivity index (χ4n) is 4.58. The number of halogens is 2. The van der Waals surface area contributed by atoms with Gasteiger partial charge in [0.05, 0.1) is 31.3 Å². The molecule has 0 radical (unpaired) electrons. The van der Waals surface area contributed by atoms with Crippen LogP contribution < -0.4 is 10.1 Å². The van der Waals surface area contributed by atoms with Gasteiger partial charge >= 0.3 is 6.09 Å². The number of fused-ring (bicyclic) bond motifs is 4. The lowest BCUT2D eigenvalue weighted by atomic mass is 9.90. The molecule has 12 heteroatoms. The van der Waals surface area contributed by atoms with E-state index in [0.29, 0.717) is 32.1 Å². The molecular weight excluding hydrogens is 546 g/mol. The van der Waals surface area contributed by atoms with Gasteiger partial charge in [0.1, 0.15) is 28.0 Å². The molecule has 8 nitrogen and oxygen atoms in total. The summed E-state index contributed by atoms with van der Waals surface area (Å²) in [7, 11) is 1.44. The molecule has 0 atom stereocenters. The predicted molar refractivity (Wildman–Crippen MR) is 146 cm³/mol. The highest BCUT2D eigenvalue weighted by atomic mass is 32.2. The van der Waals surface area contributed by atoms with Crippen LogP contribution in [0.3, 0.4) is 0 Å². The summed E-state index contributed by atoms with van der Waals surface area (Å²) in [5.41, 5.74) is 0.117. The zero-order chi connectivity index (χ0) is 28.1. The average Bonchev–Trinajstić information content (AvgIpc) is 3.48. The van der Waals surface area contributed by atoms with E-state index in [0.717, 1.165) is 11.3 Å². The number of nitrogens with zero attached hydrogens (tertiary/aromatic N) is 3. The number of hydrogen-bond donors (Lipinski definition) is 1. The van der Waals surface area contributed by atoms with Crippen molar-refractivity contribution >= 4 is 55.2 Å². The number of nitrogens with one attached hydrogen (secondary N) is 1. The number of thioether (sulfide) groups is 1. The number of hydrogen-bond acceptors (Lipinski definition) is 9. The van der Waals surface area contributed by atoms with Crippen molar-refractivity contribution < 1.29 is 27.8 Å². The lowest BCUT2D eigenvalue weighted by Gasteiger charge is -2.19. The summed E-state index contributed by atoms with van der Waals surface area (Å²) >= 11 is 2.39. The number of thiophene rings is 1. The molecule has 0 bridgehead atoms. The summed E-state index contributed by atoms with van der Waals surface area (Å²) in [5.74, 6) is -0.633. The standard InChI is InChI=1S/C27H24F2N4O4S2/c1-6-38-25-31-22-19(23(32-25)35-5)14-11-36-10-13(14)18(21(22)29)20-15(28)7-8-16-17(20)12(9-30)24(39-16)33-26(34)37-27(2,3)4/h7-8H,6,10-11H2,1-5H3,(H,33,34). The van der Waals surface area contributed by atoms with E-state index in [1.165, 1.54) is 31.0 Å². The van der Waals surface area contributed by atoms with Gasteiger partial charge < -0.3 is 14.2 Å². The molecule has 0 aliphatic carbocycles. The van der Waals surface area contributed by atoms with Gasteiger partial charge in [-0.1, -0.05) is 18.7 Å². The Hall–Kier alpha value is -3.53. The maximum Gasteiger partial charge on any atom is 0.412 e. The van der Waals surface area contributed by atoms with Crippen LogP contribution in [0.2, 0.25) is 0 Å². The molecule has 202 valence electrons. The first-order chi connectivity index (χ1) is 18.6. The Morgan fingerprint density at radius 2 is 1.95 bits per heavy atom. The van der Waals surface area contributed by atoms with Crippen LogP contribution in [0.5, 0.6) is 5.88 Å². The monoisotopic (exact) mass is 570 g/mol. The van der Waals surface area contributed by atoms with Crippen molar-refractivity contribution in [2.75, 3.05) is 18.2 Å². The zero-order valence-electron chi connectivity index (χ0n) is 21.8. The number of carbonyl (C=O) groups is 1. The van der Waals surface area contributed by atoms with Gasteiger partial charge in [0, 0.05) is 21.2 Å². The number of nitriles is 1. The molecule has 0 fully saturated rings. The number of methoxy groups -OCH3 is 1. The first-order valence-corrected chi connectivity index (χ1v) is 13.8. The van der Waals surface area contributed by atoms with Gasteiger partial charge in [0.15, 0.2) is 11.0 Å². The second-order valence-corrected chi connectivity index (χ2v) is 11.9. The summed E-state index contributed by atoms with van der Waals surface area (Å²) in [5, 5.41) is 13.7. The molecular formula is C27H24F2N4O4S2. The molecule has 1 N–H and O–H groups in total. The Balaban J connectivity index is 1.81. The topological polar surface area (TPSA) is 106 Å². The van der Waals surface area contributed by atoms with E-state index in [1.807, 2.05) is 6.92 Å². The van der Waals surface area contributed by atoms with E-state index in [-0.39, 0.29) is 51.7 Å². The Labute approximate surface area is 231 Å². The molecule has 39 heavy (non-hydrogen) atoms. The van der Waals surface area contributed by atoms with Crippen LogP contribution in [0, 0.1) is 23.0 Å². The zero-order valence-corrected chi connectivity index (χ0v) is 23.5. The third kappa shape index (κ3) is 4.75. The predicted octanol–water partition coefficient (Wildman–Crippen LogP) is 7.16. The van der Waals surface area contributed by atoms with Gasteiger partial charge in [-0.2, -0.15) is 10.2 Å². The van der Waals surface area contributed by atoms with Crippen LogP contribution in [0.4, 0.5) is 18.6 Å². The Morgan fingerprint density at radius 1 is 1.21 bits per heavy atom. The van der Waals surface area contributed by atoms with Crippen molar-refractivity contribution in [2.45, 2.75) is 51.7 Å². The van der Waals surface area contributed by atoms with Crippen molar-refractivity contribution in [3.8, 4) is 23.1 Å². The van der Waals surface area contributed by atoms with Gasteiger partial charge in [-0.25, -0.2) is 18.6 Å². The van der Waals surface area contributed by atoms with E-state index in [9.17, 15) is 10.1 Å². The highest BCUT2D eigenvalue weighted by molar-refractivity contribution is 7.99. The fraction of sp³-hybridized carbons (Fsp3) is 0.333. The Kier molecular flexibility index (Phi) is 7.09. The van der Waals surface area contributed by atoms with Crippen molar-refractivity contribution in [1.29, 1.82) is 5.26 Å². The van der Waals surface area contributed by atoms with Crippen LogP contribution in [-0.2, 0) is 22.7 Å². The smallest absolute Gasteiger partial charge is 0.412 e. The minimum absolute atomic E-state index is 0.00465. The second kappa shape index (κ2) is 10.2. The third-order valence-electron chi connectivity index (χ3n) is 5.99. The molecule has 2 aromatic heterocycles. The van der Waals surface area contributed by atoms with Crippen LogP contribution in [0.1, 0.15) is 44.4 Å². The van der Waals surface area contributed by atoms with Gasteiger partial charge in [-0.3, -0.25) is 5.32 Å². The minimum Gasteiger partial charge on any atom is -0.480 e. The van der Waals surface area contributed by atoms with Crippen molar-refractivity contribution in [2.24, 2.45) is 0 Å². The summed E-state index contributed by atoms with van der Waals surface area (Å²) in [6.45, 7) is 7.22. The second-order valence-electron chi connectivity index (χ2n) is 9.65. The summed E-state index contributed by atoms with van der Waals surface area (Å²) in [6, 6.07) is 4.78. The van der Waals surface area contributed by atoms with Crippen molar-refractivity contribution in [1.82, 2.24) is 9.97 Å². The molecule has 1 aliphatic rings. The van der Waals surface area contributed by atoms with E-state index in [4.69, 9.17) is 14.2 Å². The molecule has 0 saturated heterocycles. The van der Waals surface area contributed by atoms with E-state index < -0.39 is 23.3 Å². The Bertz CT molecular complexity index is 1690. The quantitative estimate of drug-likeness (QED) is 0.199. The molecule has 5 rings (SSSR count). The fourth-order valence-corrected chi connectivity index (χ4v) is 6.19. The Morgan fingerprint density at radius 3 is 2.62 bits per heavy atom. The number of anilines is 1. The van der Waals surface area contributed by atoms with Gasteiger partial charge in [-0.15, -0.1) is 11.3 Å². The summed E-state index contributed by atoms with van der Waals surface area (Å²) in [6.07, 6.45) is -0.761. The number of benzene rings is 2. The van der Waals surface area contributed by atoms with Gasteiger partial charge in [0.2, 0.25) is 5.88 Å². The number of rotatable bonds is 5. The molecule has 1 amide bonds. The van der Waals surface area contributed by atoms with E-state index in [1.54, 1.807) is 20.8 Å².